The average Bonchev–Trinajstić information content (AvgIpc) is 2.46. The molecule has 1 radical (unpaired) electrons. The zero-order valence-corrected chi connectivity index (χ0v) is 23.5. The molecule has 0 aliphatic rings. The minimum absolute atomic E-state index is 0. The maximum Gasteiger partial charge on any atom is 0.0828 e. The summed E-state index contributed by atoms with van der Waals surface area (Å²) in [5.41, 5.74) is 0. The van der Waals surface area contributed by atoms with Crippen LogP contribution in [0.25, 0.3) is 0 Å². The normalized spacial score (nSPS) is 11.4. The fourth-order valence-electron chi connectivity index (χ4n) is 1.02. The first-order valence-corrected chi connectivity index (χ1v) is 10.2. The second kappa shape index (κ2) is 24.6. The summed E-state index contributed by atoms with van der Waals surface area (Å²) in [6.07, 6.45) is 5.32. The molecular formula is C21H48N6Y. The van der Waals surface area contributed by atoms with Crippen LogP contribution in [0.2, 0.25) is 0 Å². The van der Waals surface area contributed by atoms with Gasteiger partial charge in [-0.05, 0) is 83.1 Å². The van der Waals surface area contributed by atoms with Crippen LogP contribution < -0.4 is 16.0 Å². The van der Waals surface area contributed by atoms with Crippen molar-refractivity contribution in [2.24, 2.45) is 15.0 Å². The van der Waals surface area contributed by atoms with Crippen LogP contribution in [0.4, 0.5) is 0 Å². The fourth-order valence-corrected chi connectivity index (χ4v) is 1.02. The Morgan fingerprint density at radius 1 is 0.429 bits per heavy atom. The fraction of sp³-hybridized carbons (Fsp3) is 0.857. The summed E-state index contributed by atoms with van der Waals surface area (Å²) in [5.74, 6) is 0. The third kappa shape index (κ3) is 50.0. The van der Waals surface area contributed by atoms with E-state index in [0.29, 0.717) is 36.3 Å². The zero-order chi connectivity index (χ0) is 21.8. The molecule has 28 heavy (non-hydrogen) atoms. The van der Waals surface area contributed by atoms with Crippen LogP contribution in [0.15, 0.2) is 15.0 Å². The molecule has 0 aliphatic carbocycles. The predicted octanol–water partition coefficient (Wildman–Crippen LogP) is 4.26. The third-order valence-corrected chi connectivity index (χ3v) is 2.34. The van der Waals surface area contributed by atoms with Gasteiger partial charge in [-0.25, -0.2) is 0 Å². The quantitative estimate of drug-likeness (QED) is 0.346. The molecule has 0 aliphatic heterocycles. The van der Waals surface area contributed by atoms with Gasteiger partial charge in [0.15, 0.2) is 0 Å². The van der Waals surface area contributed by atoms with E-state index in [1.54, 1.807) is 19.0 Å². The molecule has 0 rings (SSSR count). The van der Waals surface area contributed by atoms with E-state index in [9.17, 15) is 0 Å². The number of nitrogens with zero attached hydrogens (tertiary/aromatic N) is 3. The maximum absolute atomic E-state index is 4.13. The Labute approximate surface area is 201 Å². The Hall–Kier alpha value is -0.486. The predicted molar refractivity (Wildman–Crippen MR) is 126 cm³/mol. The molecule has 7 heteroatoms. The maximum atomic E-state index is 4.13. The second-order valence-corrected chi connectivity index (χ2v) is 8.08. The van der Waals surface area contributed by atoms with Gasteiger partial charge >= 0.3 is 0 Å². The summed E-state index contributed by atoms with van der Waals surface area (Å²) in [5, 5.41) is 9.26. The number of hydrogen-bond acceptors (Lipinski definition) is 3. The summed E-state index contributed by atoms with van der Waals surface area (Å²) >= 11 is 0. The number of nitrogens with one attached hydrogen (secondary N) is 3. The molecular weight excluding hydrogens is 425 g/mol. The van der Waals surface area contributed by atoms with Crippen molar-refractivity contribution in [2.75, 3.05) is 0 Å². The van der Waals surface area contributed by atoms with E-state index < -0.39 is 0 Å². The molecule has 0 unspecified atom stereocenters. The van der Waals surface area contributed by atoms with Crippen LogP contribution >= 0.6 is 0 Å². The van der Waals surface area contributed by atoms with Gasteiger partial charge in [0.05, 0.1) is 19.0 Å². The molecule has 0 aromatic heterocycles. The van der Waals surface area contributed by atoms with Crippen LogP contribution in [0.5, 0.6) is 0 Å². The van der Waals surface area contributed by atoms with Crippen LogP contribution in [0.1, 0.15) is 83.1 Å². The summed E-state index contributed by atoms with van der Waals surface area (Å²) in [6.45, 7) is 24.9. The van der Waals surface area contributed by atoms with Gasteiger partial charge in [-0.3, -0.25) is 15.0 Å². The first-order valence-electron chi connectivity index (χ1n) is 10.2. The molecule has 0 heterocycles. The van der Waals surface area contributed by atoms with Crippen LogP contribution in [-0.2, 0) is 32.7 Å². The molecule has 0 saturated heterocycles. The van der Waals surface area contributed by atoms with Crippen LogP contribution in [-0.4, -0.2) is 55.3 Å². The Bertz CT molecular complexity index is 318. The number of rotatable bonds is 9. The molecule has 0 atom stereocenters. The SMILES string of the molecule is CC(C)N=CNC(C)C.CC(C)N=CNC(C)C.CC(C)N=CNC(C)C.[Y]. The molecule has 0 amide bonds. The van der Waals surface area contributed by atoms with E-state index >= 15 is 0 Å². The van der Waals surface area contributed by atoms with Gasteiger partial charge in [0.1, 0.15) is 0 Å². The van der Waals surface area contributed by atoms with Crippen molar-refractivity contribution in [3.8, 4) is 0 Å². The van der Waals surface area contributed by atoms with E-state index in [0.717, 1.165) is 0 Å². The van der Waals surface area contributed by atoms with Crippen molar-refractivity contribution in [3.05, 3.63) is 0 Å². The summed E-state index contributed by atoms with van der Waals surface area (Å²) in [4.78, 5) is 12.4. The molecule has 3 N–H and O–H groups in total. The van der Waals surface area contributed by atoms with Crippen molar-refractivity contribution >= 4 is 19.0 Å². The van der Waals surface area contributed by atoms with Gasteiger partial charge < -0.3 is 16.0 Å². The monoisotopic (exact) mass is 473 g/mol. The Morgan fingerprint density at radius 2 is 0.607 bits per heavy atom. The first kappa shape index (κ1) is 35.0. The van der Waals surface area contributed by atoms with E-state index in [1.807, 2.05) is 0 Å². The van der Waals surface area contributed by atoms with Crippen molar-refractivity contribution in [1.82, 2.24) is 16.0 Å². The Balaban J connectivity index is -0.000000152. The minimum Gasteiger partial charge on any atom is -0.374 e. The topological polar surface area (TPSA) is 73.2 Å². The van der Waals surface area contributed by atoms with Gasteiger partial charge in [0.2, 0.25) is 0 Å². The Morgan fingerprint density at radius 3 is 0.714 bits per heavy atom. The molecule has 0 aromatic rings. The molecule has 0 spiro atoms. The average molecular weight is 474 g/mol. The number of aliphatic imine (C=N–C) groups is 3. The summed E-state index contributed by atoms with van der Waals surface area (Å²) in [7, 11) is 0. The smallest absolute Gasteiger partial charge is 0.0828 e. The molecule has 0 saturated carbocycles. The van der Waals surface area contributed by atoms with Crippen LogP contribution in [0, 0.1) is 0 Å². The molecule has 0 fully saturated rings. The van der Waals surface area contributed by atoms with E-state index in [-0.39, 0.29) is 32.7 Å². The molecule has 165 valence electrons. The van der Waals surface area contributed by atoms with Gasteiger partial charge in [-0.15, -0.1) is 0 Å². The van der Waals surface area contributed by atoms with Crippen molar-refractivity contribution in [1.29, 1.82) is 0 Å². The summed E-state index contributed by atoms with van der Waals surface area (Å²) < 4.78 is 0. The van der Waals surface area contributed by atoms with Crippen molar-refractivity contribution in [3.63, 3.8) is 0 Å². The number of hydrogen-bond donors (Lipinski definition) is 3. The molecule has 6 nitrogen and oxygen atoms in total. The van der Waals surface area contributed by atoms with Gasteiger partial charge in [0.25, 0.3) is 0 Å². The third-order valence-electron chi connectivity index (χ3n) is 2.34. The van der Waals surface area contributed by atoms with E-state index in [4.69, 9.17) is 0 Å². The second-order valence-electron chi connectivity index (χ2n) is 8.08. The van der Waals surface area contributed by atoms with E-state index in [1.165, 1.54) is 0 Å². The standard InChI is InChI=1S/3C7H16N2.Y/c3*1-6(2)8-5-9-7(3)4;/h3*5-7H,1-4H3,(H,8,9);. The first-order chi connectivity index (χ1) is 12.4. The van der Waals surface area contributed by atoms with Gasteiger partial charge in [-0.2, -0.15) is 0 Å². The minimum atomic E-state index is 0. The van der Waals surface area contributed by atoms with Gasteiger partial charge in [0, 0.05) is 69.0 Å². The largest absolute Gasteiger partial charge is 0.374 e. The Kier molecular flexibility index (Phi) is 30.7. The molecule has 0 aromatic carbocycles. The summed E-state index contributed by atoms with van der Waals surface area (Å²) in [6, 6.07) is 2.68. The van der Waals surface area contributed by atoms with E-state index in [2.05, 4.69) is 114 Å². The van der Waals surface area contributed by atoms with Crippen LogP contribution in [0.3, 0.4) is 0 Å². The van der Waals surface area contributed by atoms with Gasteiger partial charge in [-0.1, -0.05) is 0 Å². The van der Waals surface area contributed by atoms with Crippen molar-refractivity contribution < 1.29 is 32.7 Å². The zero-order valence-electron chi connectivity index (χ0n) is 20.6. The molecule has 0 bridgehead atoms. The van der Waals surface area contributed by atoms with Crippen molar-refractivity contribution in [2.45, 2.75) is 119 Å².